The van der Waals surface area contributed by atoms with Crippen molar-refractivity contribution in [2.24, 2.45) is 5.73 Å². The average molecular weight is 412 g/mol. The molecule has 2 aliphatic rings. The molecule has 0 atom stereocenters. The summed E-state index contributed by atoms with van der Waals surface area (Å²) in [5.41, 5.74) is 8.81. The normalized spacial score (nSPS) is 24.8. The summed E-state index contributed by atoms with van der Waals surface area (Å²) in [5.74, 6) is 0. The fourth-order valence-corrected chi connectivity index (χ4v) is 4.95. The van der Waals surface area contributed by atoms with Crippen LogP contribution < -0.4 is 10.6 Å². The minimum Gasteiger partial charge on any atom is -0.330 e. The van der Waals surface area contributed by atoms with Crippen molar-refractivity contribution in [1.29, 1.82) is 0 Å². The number of aldehydes is 1. The number of nitrogens with two attached hydrogens (primary N) is 1. The summed E-state index contributed by atoms with van der Waals surface area (Å²) in [5, 5.41) is 0.739. The molecule has 1 aliphatic carbocycles. The van der Waals surface area contributed by atoms with Crippen LogP contribution in [0.1, 0.15) is 41.6 Å². The molecular weight excluding hydrogens is 386 g/mol. The third-order valence-corrected chi connectivity index (χ3v) is 6.80. The first-order valence-electron chi connectivity index (χ1n) is 10.2. The van der Waals surface area contributed by atoms with Gasteiger partial charge in [0.15, 0.2) is 0 Å². The molecule has 1 saturated carbocycles. The Kier molecular flexibility index (Phi) is 5.61. The van der Waals surface area contributed by atoms with Crippen LogP contribution in [0.15, 0.2) is 48.5 Å². The SMILES string of the molecule is NCC1(c2cccc(Cl)c2)CCC(N2CCN(c3ccc(C=O)cc3)C2=O)CC1. The van der Waals surface area contributed by atoms with E-state index in [4.69, 9.17) is 17.3 Å². The molecule has 0 unspecified atom stereocenters. The number of rotatable bonds is 5. The predicted molar refractivity (Wildman–Crippen MR) is 116 cm³/mol. The zero-order chi connectivity index (χ0) is 20.4. The van der Waals surface area contributed by atoms with Gasteiger partial charge in [0.2, 0.25) is 0 Å². The van der Waals surface area contributed by atoms with Crippen LogP contribution in [-0.2, 0) is 5.41 Å². The number of amides is 2. The molecule has 2 N–H and O–H groups in total. The smallest absolute Gasteiger partial charge is 0.324 e. The van der Waals surface area contributed by atoms with Crippen LogP contribution >= 0.6 is 11.6 Å². The number of urea groups is 1. The van der Waals surface area contributed by atoms with Gasteiger partial charge in [0.05, 0.1) is 0 Å². The molecule has 0 spiro atoms. The minimum atomic E-state index is -0.0610. The standard InChI is InChI=1S/C23H26ClN3O2/c24-19-3-1-2-18(14-19)23(16-25)10-8-21(9-11-23)27-13-12-26(22(27)29)20-6-4-17(15-28)5-7-20/h1-7,14-15,21H,8-13,16,25H2. The Morgan fingerprint density at radius 2 is 1.83 bits per heavy atom. The van der Waals surface area contributed by atoms with E-state index < -0.39 is 0 Å². The number of hydrogen-bond acceptors (Lipinski definition) is 3. The van der Waals surface area contributed by atoms with Crippen LogP contribution in [0.5, 0.6) is 0 Å². The predicted octanol–water partition coefficient (Wildman–Crippen LogP) is 4.23. The summed E-state index contributed by atoms with van der Waals surface area (Å²) in [4.78, 5) is 27.7. The molecule has 4 rings (SSSR count). The third kappa shape index (κ3) is 3.77. The Balaban J connectivity index is 1.44. The molecule has 6 heteroatoms. The second-order valence-corrected chi connectivity index (χ2v) is 8.50. The van der Waals surface area contributed by atoms with E-state index in [2.05, 4.69) is 6.07 Å². The van der Waals surface area contributed by atoms with Crippen LogP contribution in [0.2, 0.25) is 5.02 Å². The van der Waals surface area contributed by atoms with Gasteiger partial charge in [0, 0.05) is 47.4 Å². The lowest BCUT2D eigenvalue weighted by Crippen LogP contribution is -2.46. The first kappa shape index (κ1) is 19.9. The molecular formula is C23H26ClN3O2. The molecule has 0 aromatic heterocycles. The zero-order valence-corrected chi connectivity index (χ0v) is 17.1. The molecule has 2 aromatic carbocycles. The van der Waals surface area contributed by atoms with E-state index in [1.54, 1.807) is 17.0 Å². The molecule has 2 fully saturated rings. The Labute approximate surface area is 176 Å². The van der Waals surface area contributed by atoms with Gasteiger partial charge in [-0.05, 0) is 67.6 Å². The molecule has 29 heavy (non-hydrogen) atoms. The zero-order valence-electron chi connectivity index (χ0n) is 16.4. The van der Waals surface area contributed by atoms with E-state index in [1.165, 1.54) is 5.56 Å². The minimum absolute atomic E-state index is 0.0526. The molecule has 2 aromatic rings. The van der Waals surface area contributed by atoms with Crippen LogP contribution in [0.25, 0.3) is 0 Å². The van der Waals surface area contributed by atoms with Gasteiger partial charge in [0.25, 0.3) is 0 Å². The van der Waals surface area contributed by atoms with Gasteiger partial charge in [-0.15, -0.1) is 0 Å². The summed E-state index contributed by atoms with van der Waals surface area (Å²) in [6.07, 6.45) is 4.59. The van der Waals surface area contributed by atoms with Crippen molar-refractivity contribution < 1.29 is 9.59 Å². The lowest BCUT2D eigenvalue weighted by Gasteiger charge is -2.42. The summed E-state index contributed by atoms with van der Waals surface area (Å²) in [6.45, 7) is 1.99. The molecule has 0 radical (unpaired) electrons. The van der Waals surface area contributed by atoms with Gasteiger partial charge in [-0.3, -0.25) is 9.69 Å². The lowest BCUT2D eigenvalue weighted by atomic mass is 9.68. The number of hydrogen-bond donors (Lipinski definition) is 1. The summed E-state index contributed by atoms with van der Waals surface area (Å²) < 4.78 is 0. The van der Waals surface area contributed by atoms with Crippen LogP contribution in [0.4, 0.5) is 10.5 Å². The Bertz CT molecular complexity index is 891. The van der Waals surface area contributed by atoms with Gasteiger partial charge < -0.3 is 10.6 Å². The Morgan fingerprint density at radius 3 is 2.45 bits per heavy atom. The average Bonchev–Trinajstić information content (AvgIpc) is 3.15. The van der Waals surface area contributed by atoms with Crippen molar-refractivity contribution in [3.05, 3.63) is 64.7 Å². The summed E-state index contributed by atoms with van der Waals surface area (Å²) in [6, 6.07) is 15.5. The third-order valence-electron chi connectivity index (χ3n) is 6.56. The van der Waals surface area contributed by atoms with E-state index in [9.17, 15) is 9.59 Å². The first-order valence-corrected chi connectivity index (χ1v) is 10.5. The molecule has 1 heterocycles. The van der Waals surface area contributed by atoms with Gasteiger partial charge in [-0.1, -0.05) is 23.7 Å². The highest BCUT2D eigenvalue weighted by atomic mass is 35.5. The number of anilines is 1. The van der Waals surface area contributed by atoms with Crippen molar-refractivity contribution in [3.8, 4) is 0 Å². The molecule has 1 saturated heterocycles. The van der Waals surface area contributed by atoms with Crippen LogP contribution in [-0.4, -0.2) is 42.9 Å². The molecule has 2 amide bonds. The Morgan fingerprint density at radius 1 is 1.10 bits per heavy atom. The molecule has 1 aliphatic heterocycles. The maximum absolute atomic E-state index is 13.0. The second-order valence-electron chi connectivity index (χ2n) is 8.06. The van der Waals surface area contributed by atoms with Crippen molar-refractivity contribution in [1.82, 2.24) is 4.90 Å². The van der Waals surface area contributed by atoms with Gasteiger partial charge in [0.1, 0.15) is 6.29 Å². The fraction of sp³-hybridized carbons (Fsp3) is 0.391. The number of carbonyl (C=O) groups is 2. The highest BCUT2D eigenvalue weighted by Gasteiger charge is 2.41. The van der Waals surface area contributed by atoms with Gasteiger partial charge >= 0.3 is 6.03 Å². The monoisotopic (exact) mass is 411 g/mol. The van der Waals surface area contributed by atoms with E-state index in [0.717, 1.165) is 49.2 Å². The number of benzene rings is 2. The van der Waals surface area contributed by atoms with Gasteiger partial charge in [-0.2, -0.15) is 0 Å². The maximum atomic E-state index is 13.0. The summed E-state index contributed by atoms with van der Waals surface area (Å²) in [7, 11) is 0. The molecule has 5 nitrogen and oxygen atoms in total. The highest BCUT2D eigenvalue weighted by Crippen LogP contribution is 2.41. The van der Waals surface area contributed by atoms with Crippen molar-refractivity contribution in [2.75, 3.05) is 24.5 Å². The van der Waals surface area contributed by atoms with Crippen LogP contribution in [0, 0.1) is 0 Å². The topological polar surface area (TPSA) is 66.6 Å². The van der Waals surface area contributed by atoms with Crippen LogP contribution in [0.3, 0.4) is 0 Å². The quantitative estimate of drug-likeness (QED) is 0.748. The fourth-order valence-electron chi connectivity index (χ4n) is 4.76. The van der Waals surface area contributed by atoms with Crippen molar-refractivity contribution in [2.45, 2.75) is 37.1 Å². The lowest BCUT2D eigenvalue weighted by molar-refractivity contribution is 0.112. The summed E-state index contributed by atoms with van der Waals surface area (Å²) >= 11 is 6.21. The maximum Gasteiger partial charge on any atom is 0.324 e. The van der Waals surface area contributed by atoms with E-state index in [1.807, 2.05) is 35.2 Å². The van der Waals surface area contributed by atoms with E-state index in [-0.39, 0.29) is 17.5 Å². The van der Waals surface area contributed by atoms with Gasteiger partial charge in [-0.25, -0.2) is 4.79 Å². The van der Waals surface area contributed by atoms with Crippen molar-refractivity contribution in [3.63, 3.8) is 0 Å². The molecule has 152 valence electrons. The molecule has 0 bridgehead atoms. The first-order chi connectivity index (χ1) is 14.1. The Hall–Kier alpha value is -2.37. The van der Waals surface area contributed by atoms with E-state index >= 15 is 0 Å². The number of nitrogens with zero attached hydrogens (tertiary/aromatic N) is 2. The van der Waals surface area contributed by atoms with Crippen molar-refractivity contribution >= 4 is 29.6 Å². The largest absolute Gasteiger partial charge is 0.330 e. The van der Waals surface area contributed by atoms with E-state index in [0.29, 0.717) is 18.7 Å². The number of halogens is 1. The number of carbonyl (C=O) groups excluding carboxylic acids is 2. The highest BCUT2D eigenvalue weighted by molar-refractivity contribution is 6.30. The second kappa shape index (κ2) is 8.17.